The van der Waals surface area contributed by atoms with Crippen molar-refractivity contribution in [2.45, 2.75) is 31.1 Å². The van der Waals surface area contributed by atoms with E-state index in [1.54, 1.807) is 0 Å². The van der Waals surface area contributed by atoms with Gasteiger partial charge in [-0.3, -0.25) is 0 Å². The van der Waals surface area contributed by atoms with Crippen molar-refractivity contribution < 1.29 is 14.3 Å². The summed E-state index contributed by atoms with van der Waals surface area (Å²) in [6, 6.07) is 20.0. The molecule has 0 bridgehead atoms. The molecular formula is C22H26N2O3. The number of rotatable bonds is 3. The highest BCUT2D eigenvalue weighted by molar-refractivity contribution is 5.75. The second kappa shape index (κ2) is 8.11. The Balaban J connectivity index is 1.45. The van der Waals surface area contributed by atoms with Crippen LogP contribution >= 0.6 is 0 Å². The second-order valence-corrected chi connectivity index (χ2v) is 7.15. The Labute approximate surface area is 160 Å². The summed E-state index contributed by atoms with van der Waals surface area (Å²) in [6.07, 6.45) is 2.39. The van der Waals surface area contributed by atoms with Crippen LogP contribution in [0.15, 0.2) is 60.7 Å². The summed E-state index contributed by atoms with van der Waals surface area (Å²) in [6.45, 7) is 2.77. The molecule has 2 heterocycles. The molecule has 0 aromatic heterocycles. The van der Waals surface area contributed by atoms with Crippen molar-refractivity contribution in [1.82, 2.24) is 10.2 Å². The molecule has 0 atom stereocenters. The number of nitrogens with one attached hydrogen (secondary N) is 1. The molecule has 0 radical (unpaired) electrons. The number of carbonyl (C=O) groups excluding carboxylic acids is 1. The van der Waals surface area contributed by atoms with Gasteiger partial charge in [-0.05, 0) is 17.5 Å². The zero-order valence-electron chi connectivity index (χ0n) is 15.5. The maximum Gasteiger partial charge on any atom is 0.318 e. The number of nitrogens with zero attached hydrogens (tertiary/aromatic N) is 1. The summed E-state index contributed by atoms with van der Waals surface area (Å²) in [4.78, 5) is 14.8. The highest BCUT2D eigenvalue weighted by atomic mass is 16.7. The number of likely N-dealkylation sites (tertiary alicyclic amines) is 1. The average molecular weight is 366 g/mol. The first-order valence-corrected chi connectivity index (χ1v) is 9.69. The molecule has 5 nitrogen and oxygen atoms in total. The van der Waals surface area contributed by atoms with E-state index >= 15 is 0 Å². The molecule has 1 spiro atoms. The summed E-state index contributed by atoms with van der Waals surface area (Å²) < 4.78 is 11.7. The Bertz CT molecular complexity index is 695. The van der Waals surface area contributed by atoms with Crippen LogP contribution in [0.3, 0.4) is 0 Å². The molecule has 2 fully saturated rings. The van der Waals surface area contributed by atoms with Crippen LogP contribution in [0.5, 0.6) is 0 Å². The van der Waals surface area contributed by atoms with E-state index in [0.29, 0.717) is 13.1 Å². The highest BCUT2D eigenvalue weighted by Gasteiger charge is 2.39. The van der Waals surface area contributed by atoms with Crippen LogP contribution in [0, 0.1) is 0 Å². The van der Waals surface area contributed by atoms with Gasteiger partial charge in [0, 0.05) is 25.9 Å². The minimum absolute atomic E-state index is 0.0432. The largest absolute Gasteiger partial charge is 0.350 e. The lowest BCUT2D eigenvalue weighted by molar-refractivity contribution is -0.281. The number of ether oxygens (including phenoxy) is 2. The van der Waals surface area contributed by atoms with Gasteiger partial charge in [0.05, 0.1) is 19.3 Å². The fourth-order valence-corrected chi connectivity index (χ4v) is 3.82. The zero-order valence-corrected chi connectivity index (χ0v) is 15.5. The third-order valence-electron chi connectivity index (χ3n) is 5.36. The molecule has 0 aliphatic carbocycles. The molecule has 1 N–H and O–H groups in total. The van der Waals surface area contributed by atoms with Crippen LogP contribution in [-0.4, -0.2) is 43.0 Å². The van der Waals surface area contributed by atoms with Gasteiger partial charge in [-0.1, -0.05) is 60.7 Å². The molecule has 4 rings (SSSR count). The first-order valence-electron chi connectivity index (χ1n) is 9.69. The Kier molecular flexibility index (Phi) is 5.41. The van der Waals surface area contributed by atoms with Gasteiger partial charge in [0.1, 0.15) is 0 Å². The number of amides is 2. The molecule has 2 aliphatic heterocycles. The Morgan fingerprint density at radius 2 is 1.41 bits per heavy atom. The monoisotopic (exact) mass is 366 g/mol. The molecule has 0 saturated carbocycles. The van der Waals surface area contributed by atoms with Crippen LogP contribution in [0.2, 0.25) is 0 Å². The molecular weight excluding hydrogens is 340 g/mol. The van der Waals surface area contributed by atoms with Crippen LogP contribution in [0.1, 0.15) is 36.4 Å². The third-order valence-corrected chi connectivity index (χ3v) is 5.36. The predicted octanol–water partition coefficient (Wildman–Crippen LogP) is 3.71. The predicted molar refractivity (Wildman–Crippen MR) is 103 cm³/mol. The highest BCUT2D eigenvalue weighted by Crippen LogP contribution is 2.31. The zero-order chi connectivity index (χ0) is 18.5. The number of benzene rings is 2. The van der Waals surface area contributed by atoms with Crippen LogP contribution in [-0.2, 0) is 9.47 Å². The van der Waals surface area contributed by atoms with Gasteiger partial charge in [-0.2, -0.15) is 0 Å². The van der Waals surface area contributed by atoms with Crippen LogP contribution in [0.4, 0.5) is 4.79 Å². The summed E-state index contributed by atoms with van der Waals surface area (Å²) in [5.74, 6) is -0.479. The van der Waals surface area contributed by atoms with E-state index in [-0.39, 0.29) is 12.1 Å². The Morgan fingerprint density at radius 3 is 1.93 bits per heavy atom. The molecule has 2 aromatic rings. The SMILES string of the molecule is O=C(NC(c1ccccc1)c1ccccc1)N1CCC2(CC1)OCCCO2. The number of hydrogen-bond donors (Lipinski definition) is 1. The van der Waals surface area contributed by atoms with E-state index in [9.17, 15) is 4.79 Å². The Hall–Kier alpha value is -2.37. The maximum absolute atomic E-state index is 13.0. The molecule has 2 saturated heterocycles. The van der Waals surface area contributed by atoms with Gasteiger partial charge in [-0.15, -0.1) is 0 Å². The van der Waals surface area contributed by atoms with Crippen molar-refractivity contribution in [2.75, 3.05) is 26.3 Å². The van der Waals surface area contributed by atoms with E-state index in [2.05, 4.69) is 5.32 Å². The fourth-order valence-electron chi connectivity index (χ4n) is 3.82. The lowest BCUT2D eigenvalue weighted by Gasteiger charge is -2.43. The van der Waals surface area contributed by atoms with Crippen molar-refractivity contribution in [3.05, 3.63) is 71.8 Å². The van der Waals surface area contributed by atoms with E-state index in [1.165, 1.54) is 0 Å². The quantitative estimate of drug-likeness (QED) is 0.901. The number of carbonyl (C=O) groups is 1. The summed E-state index contributed by atoms with van der Waals surface area (Å²) in [7, 11) is 0. The van der Waals surface area contributed by atoms with Gasteiger partial charge < -0.3 is 19.7 Å². The maximum atomic E-state index is 13.0. The molecule has 5 heteroatoms. The lowest BCUT2D eigenvalue weighted by atomic mass is 9.98. The minimum atomic E-state index is -0.479. The minimum Gasteiger partial charge on any atom is -0.350 e. The summed E-state index contributed by atoms with van der Waals surface area (Å²) >= 11 is 0. The number of hydrogen-bond acceptors (Lipinski definition) is 3. The van der Waals surface area contributed by atoms with E-state index in [0.717, 1.165) is 43.6 Å². The number of piperidine rings is 1. The van der Waals surface area contributed by atoms with Crippen molar-refractivity contribution in [1.29, 1.82) is 0 Å². The van der Waals surface area contributed by atoms with E-state index in [4.69, 9.17) is 9.47 Å². The van der Waals surface area contributed by atoms with Crippen molar-refractivity contribution >= 4 is 6.03 Å². The fraction of sp³-hybridized carbons (Fsp3) is 0.409. The third kappa shape index (κ3) is 4.15. The van der Waals surface area contributed by atoms with Gasteiger partial charge in [0.2, 0.25) is 0 Å². The smallest absolute Gasteiger partial charge is 0.318 e. The summed E-state index contributed by atoms with van der Waals surface area (Å²) in [5.41, 5.74) is 2.15. The van der Waals surface area contributed by atoms with E-state index < -0.39 is 5.79 Å². The van der Waals surface area contributed by atoms with Gasteiger partial charge in [-0.25, -0.2) is 4.79 Å². The first-order chi connectivity index (χ1) is 13.3. The first kappa shape index (κ1) is 18.0. The molecule has 2 aromatic carbocycles. The number of urea groups is 1. The normalized spacial score (nSPS) is 19.2. The van der Waals surface area contributed by atoms with E-state index in [1.807, 2.05) is 65.6 Å². The Morgan fingerprint density at radius 1 is 0.889 bits per heavy atom. The van der Waals surface area contributed by atoms with Crippen molar-refractivity contribution in [3.8, 4) is 0 Å². The second-order valence-electron chi connectivity index (χ2n) is 7.15. The average Bonchev–Trinajstić information content (AvgIpc) is 2.74. The topological polar surface area (TPSA) is 50.8 Å². The van der Waals surface area contributed by atoms with Crippen LogP contribution < -0.4 is 5.32 Å². The summed E-state index contributed by atoms with van der Waals surface area (Å²) in [5, 5.41) is 3.22. The molecule has 142 valence electrons. The van der Waals surface area contributed by atoms with Gasteiger partial charge in [0.25, 0.3) is 0 Å². The van der Waals surface area contributed by atoms with Gasteiger partial charge >= 0.3 is 6.03 Å². The van der Waals surface area contributed by atoms with Crippen molar-refractivity contribution in [2.24, 2.45) is 0 Å². The standard InChI is InChI=1S/C22H26N2O3/c25-21(24-14-12-22(13-15-24)26-16-7-17-27-22)23-20(18-8-3-1-4-9-18)19-10-5-2-6-11-19/h1-6,8-11,20H,7,12-17H2,(H,23,25). The van der Waals surface area contributed by atoms with Crippen molar-refractivity contribution in [3.63, 3.8) is 0 Å². The van der Waals surface area contributed by atoms with Gasteiger partial charge in [0.15, 0.2) is 5.79 Å². The molecule has 2 amide bonds. The van der Waals surface area contributed by atoms with Crippen LogP contribution in [0.25, 0.3) is 0 Å². The molecule has 27 heavy (non-hydrogen) atoms. The molecule has 2 aliphatic rings. The molecule has 0 unspecified atom stereocenters. The lowest BCUT2D eigenvalue weighted by Crippen LogP contribution is -2.53.